The van der Waals surface area contributed by atoms with Gasteiger partial charge in [-0.1, -0.05) is 12.1 Å². The summed E-state index contributed by atoms with van der Waals surface area (Å²) in [5.74, 6) is 0.686. The van der Waals surface area contributed by atoms with Gasteiger partial charge in [0.05, 0.1) is 20.3 Å². The van der Waals surface area contributed by atoms with Gasteiger partial charge in [0.15, 0.2) is 0 Å². The molecule has 18 heavy (non-hydrogen) atoms. The van der Waals surface area contributed by atoms with E-state index in [0.717, 1.165) is 18.7 Å². The van der Waals surface area contributed by atoms with Crippen LogP contribution in [0.5, 0.6) is 5.75 Å². The molecule has 4 heteroatoms. The molecule has 0 saturated carbocycles. The van der Waals surface area contributed by atoms with Gasteiger partial charge in [0.2, 0.25) is 0 Å². The fourth-order valence-electron chi connectivity index (χ4n) is 1.65. The maximum absolute atomic E-state index is 11.3. The summed E-state index contributed by atoms with van der Waals surface area (Å²) in [4.78, 5) is 13.2. The van der Waals surface area contributed by atoms with Gasteiger partial charge in [-0.3, -0.25) is 9.69 Å². The number of carbonyl (C=O) groups is 1. The number of ether oxygens (including phenoxy) is 2. The fraction of sp³-hybridized carbons (Fsp3) is 0.500. The first-order valence-electron chi connectivity index (χ1n) is 6.12. The first kappa shape index (κ1) is 14.5. The lowest BCUT2D eigenvalue weighted by Crippen LogP contribution is -2.29. The molecule has 0 aliphatic heterocycles. The van der Waals surface area contributed by atoms with Crippen LogP contribution in [0.3, 0.4) is 0 Å². The number of hydrogen-bond acceptors (Lipinski definition) is 4. The highest BCUT2D eigenvalue weighted by Gasteiger charge is 2.07. The highest BCUT2D eigenvalue weighted by Crippen LogP contribution is 2.13. The summed E-state index contributed by atoms with van der Waals surface area (Å²) in [5, 5.41) is 0. The van der Waals surface area contributed by atoms with Crippen molar-refractivity contribution >= 4 is 5.97 Å². The number of benzene rings is 1. The SMILES string of the molecule is CCOC(=O)CN(C)CCc1cccc(OC)c1. The molecule has 0 radical (unpaired) electrons. The molecule has 100 valence electrons. The van der Waals surface area contributed by atoms with Gasteiger partial charge in [-0.25, -0.2) is 0 Å². The summed E-state index contributed by atoms with van der Waals surface area (Å²) >= 11 is 0. The molecule has 0 unspecified atom stereocenters. The summed E-state index contributed by atoms with van der Waals surface area (Å²) in [6, 6.07) is 7.96. The zero-order chi connectivity index (χ0) is 13.4. The van der Waals surface area contributed by atoms with Crippen molar-refractivity contribution < 1.29 is 14.3 Å². The third-order valence-corrected chi connectivity index (χ3v) is 2.62. The van der Waals surface area contributed by atoms with Crippen molar-refractivity contribution in [1.29, 1.82) is 0 Å². The minimum Gasteiger partial charge on any atom is -0.497 e. The highest BCUT2D eigenvalue weighted by molar-refractivity contribution is 5.71. The summed E-state index contributed by atoms with van der Waals surface area (Å²) in [6.45, 7) is 3.39. The molecule has 0 amide bonds. The molecule has 0 spiro atoms. The lowest BCUT2D eigenvalue weighted by molar-refractivity contribution is -0.144. The van der Waals surface area contributed by atoms with Gasteiger partial charge in [-0.2, -0.15) is 0 Å². The van der Waals surface area contributed by atoms with Crippen LogP contribution in [0.25, 0.3) is 0 Å². The quantitative estimate of drug-likeness (QED) is 0.692. The molecule has 0 heterocycles. The Morgan fingerprint density at radius 1 is 1.39 bits per heavy atom. The monoisotopic (exact) mass is 251 g/mol. The molecule has 0 aliphatic rings. The molecule has 1 rings (SSSR count). The normalized spacial score (nSPS) is 10.4. The van der Waals surface area contributed by atoms with Gasteiger partial charge in [0, 0.05) is 6.54 Å². The van der Waals surface area contributed by atoms with Crippen LogP contribution in [0.15, 0.2) is 24.3 Å². The Bertz CT molecular complexity index is 379. The fourth-order valence-corrected chi connectivity index (χ4v) is 1.65. The molecule has 1 aromatic rings. The van der Waals surface area contributed by atoms with Gasteiger partial charge >= 0.3 is 5.97 Å². The Hall–Kier alpha value is -1.55. The zero-order valence-corrected chi connectivity index (χ0v) is 11.3. The van der Waals surface area contributed by atoms with E-state index in [-0.39, 0.29) is 5.97 Å². The average Bonchev–Trinajstić information content (AvgIpc) is 2.37. The summed E-state index contributed by atoms with van der Waals surface area (Å²) in [6.07, 6.45) is 0.882. The lowest BCUT2D eigenvalue weighted by atomic mass is 10.1. The number of rotatable bonds is 7. The van der Waals surface area contributed by atoms with Crippen LogP contribution in [0, 0.1) is 0 Å². The molecule has 0 N–H and O–H groups in total. The first-order chi connectivity index (χ1) is 8.65. The van der Waals surface area contributed by atoms with E-state index in [1.54, 1.807) is 7.11 Å². The van der Waals surface area contributed by atoms with Crippen LogP contribution >= 0.6 is 0 Å². The van der Waals surface area contributed by atoms with Crippen LogP contribution in [-0.2, 0) is 16.0 Å². The lowest BCUT2D eigenvalue weighted by Gasteiger charge is -2.15. The zero-order valence-electron chi connectivity index (χ0n) is 11.3. The van der Waals surface area contributed by atoms with Crippen molar-refractivity contribution in [2.75, 3.05) is 33.9 Å². The minimum absolute atomic E-state index is 0.175. The van der Waals surface area contributed by atoms with Crippen LogP contribution in [0.2, 0.25) is 0 Å². The van der Waals surface area contributed by atoms with Gasteiger partial charge in [-0.05, 0) is 38.1 Å². The van der Waals surface area contributed by atoms with E-state index < -0.39 is 0 Å². The van der Waals surface area contributed by atoms with Crippen molar-refractivity contribution in [2.45, 2.75) is 13.3 Å². The van der Waals surface area contributed by atoms with Gasteiger partial charge < -0.3 is 9.47 Å². The van der Waals surface area contributed by atoms with Crippen molar-refractivity contribution in [1.82, 2.24) is 4.90 Å². The maximum Gasteiger partial charge on any atom is 0.320 e. The predicted molar refractivity (Wildman–Crippen MR) is 70.8 cm³/mol. The number of nitrogens with zero attached hydrogens (tertiary/aromatic N) is 1. The second kappa shape index (κ2) is 7.71. The van der Waals surface area contributed by atoms with Crippen LogP contribution < -0.4 is 4.74 Å². The maximum atomic E-state index is 11.3. The third kappa shape index (κ3) is 5.19. The van der Waals surface area contributed by atoms with E-state index in [9.17, 15) is 4.79 Å². The summed E-state index contributed by atoms with van der Waals surface area (Å²) < 4.78 is 10.1. The van der Waals surface area contributed by atoms with E-state index >= 15 is 0 Å². The molecule has 0 saturated heterocycles. The number of hydrogen-bond donors (Lipinski definition) is 0. The first-order valence-corrected chi connectivity index (χ1v) is 6.12. The van der Waals surface area contributed by atoms with E-state index in [4.69, 9.17) is 9.47 Å². The summed E-state index contributed by atoms with van der Waals surface area (Å²) in [5.41, 5.74) is 1.20. The van der Waals surface area contributed by atoms with Crippen molar-refractivity contribution in [2.24, 2.45) is 0 Å². The van der Waals surface area contributed by atoms with Gasteiger partial charge in [0.25, 0.3) is 0 Å². The second-order valence-electron chi connectivity index (χ2n) is 4.14. The molecule has 0 bridgehead atoms. The van der Waals surface area contributed by atoms with Crippen LogP contribution in [0.4, 0.5) is 0 Å². The Labute approximate surface area is 108 Å². The van der Waals surface area contributed by atoms with Crippen molar-refractivity contribution in [3.05, 3.63) is 29.8 Å². The Balaban J connectivity index is 2.37. The second-order valence-corrected chi connectivity index (χ2v) is 4.14. The number of carbonyl (C=O) groups excluding carboxylic acids is 1. The highest BCUT2D eigenvalue weighted by atomic mass is 16.5. The topological polar surface area (TPSA) is 38.8 Å². The number of methoxy groups -OCH3 is 1. The molecular formula is C14H21NO3. The van der Waals surface area contributed by atoms with Crippen LogP contribution in [0.1, 0.15) is 12.5 Å². The standard InChI is InChI=1S/C14H21NO3/c1-4-18-14(16)11-15(2)9-8-12-6-5-7-13(10-12)17-3/h5-7,10H,4,8-9,11H2,1-3H3. The Morgan fingerprint density at radius 3 is 2.83 bits per heavy atom. The molecule has 0 fully saturated rings. The third-order valence-electron chi connectivity index (χ3n) is 2.62. The Kier molecular flexibility index (Phi) is 6.22. The number of likely N-dealkylation sites (N-methyl/N-ethyl adjacent to an activating group) is 1. The molecule has 0 aliphatic carbocycles. The Morgan fingerprint density at radius 2 is 2.17 bits per heavy atom. The molecular weight excluding hydrogens is 230 g/mol. The van der Waals surface area contributed by atoms with E-state index in [2.05, 4.69) is 6.07 Å². The summed E-state index contributed by atoms with van der Waals surface area (Å²) in [7, 11) is 3.57. The van der Waals surface area contributed by atoms with E-state index in [0.29, 0.717) is 13.2 Å². The largest absolute Gasteiger partial charge is 0.497 e. The molecule has 0 aromatic heterocycles. The smallest absolute Gasteiger partial charge is 0.320 e. The molecule has 0 atom stereocenters. The average molecular weight is 251 g/mol. The van der Waals surface area contributed by atoms with Gasteiger partial charge in [-0.15, -0.1) is 0 Å². The molecule has 1 aromatic carbocycles. The van der Waals surface area contributed by atoms with Crippen molar-refractivity contribution in [3.8, 4) is 5.75 Å². The number of esters is 1. The molecule has 4 nitrogen and oxygen atoms in total. The van der Waals surface area contributed by atoms with Crippen molar-refractivity contribution in [3.63, 3.8) is 0 Å². The van der Waals surface area contributed by atoms with E-state index in [1.807, 2.05) is 37.1 Å². The predicted octanol–water partition coefficient (Wildman–Crippen LogP) is 1.73. The van der Waals surface area contributed by atoms with Crippen LogP contribution in [-0.4, -0.2) is 44.7 Å². The van der Waals surface area contributed by atoms with Gasteiger partial charge in [0.1, 0.15) is 5.75 Å². The minimum atomic E-state index is -0.175. The van der Waals surface area contributed by atoms with E-state index in [1.165, 1.54) is 5.56 Å².